The van der Waals surface area contributed by atoms with E-state index in [0.29, 0.717) is 12.3 Å². The van der Waals surface area contributed by atoms with E-state index in [1.165, 1.54) is 0 Å². The fourth-order valence-electron chi connectivity index (χ4n) is 1.99. The summed E-state index contributed by atoms with van der Waals surface area (Å²) >= 11 is 0. The summed E-state index contributed by atoms with van der Waals surface area (Å²) in [6, 6.07) is 0.0943. The van der Waals surface area contributed by atoms with Crippen molar-refractivity contribution in [1.82, 2.24) is 0 Å². The Morgan fingerprint density at radius 1 is 1.40 bits per heavy atom. The van der Waals surface area contributed by atoms with Gasteiger partial charge < -0.3 is 5.11 Å². The molecule has 0 aromatic rings. The standard InChI is InChI=1S/C11H15NO3/c1-8(11(14)15)6-9-2-4-10(5-3-9)12-7-13/h9-10H,1-6H2,(H,14,15). The molecule has 0 atom stereocenters. The van der Waals surface area contributed by atoms with Crippen LogP contribution in [0.3, 0.4) is 0 Å². The molecule has 15 heavy (non-hydrogen) atoms. The molecule has 82 valence electrons. The van der Waals surface area contributed by atoms with Gasteiger partial charge in [-0.3, -0.25) is 0 Å². The maximum atomic E-state index is 10.6. The Labute approximate surface area is 88.7 Å². The second-order valence-electron chi connectivity index (χ2n) is 4.01. The number of carbonyl (C=O) groups is 1. The van der Waals surface area contributed by atoms with Crippen LogP contribution < -0.4 is 0 Å². The molecule has 0 unspecified atom stereocenters. The highest BCUT2D eigenvalue weighted by Crippen LogP contribution is 2.30. The molecule has 0 aliphatic heterocycles. The summed E-state index contributed by atoms with van der Waals surface area (Å²) in [6.45, 7) is 3.52. The molecule has 1 N–H and O–H groups in total. The van der Waals surface area contributed by atoms with Crippen LogP contribution in [0.4, 0.5) is 0 Å². The minimum absolute atomic E-state index is 0.0943. The molecule has 0 amide bonds. The predicted molar refractivity (Wildman–Crippen MR) is 55.3 cm³/mol. The molecular weight excluding hydrogens is 194 g/mol. The van der Waals surface area contributed by atoms with Crippen LogP contribution in [0.1, 0.15) is 32.1 Å². The predicted octanol–water partition coefficient (Wildman–Crippen LogP) is 1.91. The number of aliphatic imine (C=N–C) groups is 1. The summed E-state index contributed by atoms with van der Waals surface area (Å²) in [7, 11) is 0. The zero-order valence-electron chi connectivity index (χ0n) is 8.61. The third kappa shape index (κ3) is 3.68. The highest BCUT2D eigenvalue weighted by atomic mass is 16.4. The average molecular weight is 209 g/mol. The SMILES string of the molecule is C=C(CC1CCC(N=C=O)CC1)C(=O)O. The zero-order chi connectivity index (χ0) is 11.3. The lowest BCUT2D eigenvalue weighted by molar-refractivity contribution is -0.132. The van der Waals surface area contributed by atoms with Gasteiger partial charge in [-0.05, 0) is 38.0 Å². The van der Waals surface area contributed by atoms with Gasteiger partial charge in [-0.1, -0.05) is 6.58 Å². The van der Waals surface area contributed by atoms with Crippen molar-refractivity contribution >= 4 is 12.0 Å². The highest BCUT2D eigenvalue weighted by molar-refractivity contribution is 5.85. The number of hydrogen-bond donors (Lipinski definition) is 1. The van der Waals surface area contributed by atoms with Crippen LogP contribution >= 0.6 is 0 Å². The third-order valence-corrected chi connectivity index (χ3v) is 2.89. The van der Waals surface area contributed by atoms with Crippen molar-refractivity contribution in [2.24, 2.45) is 10.9 Å². The highest BCUT2D eigenvalue weighted by Gasteiger charge is 2.22. The minimum Gasteiger partial charge on any atom is -0.478 e. The Balaban J connectivity index is 2.34. The van der Waals surface area contributed by atoms with Gasteiger partial charge in [0.25, 0.3) is 0 Å². The van der Waals surface area contributed by atoms with Crippen LogP contribution in [0, 0.1) is 5.92 Å². The van der Waals surface area contributed by atoms with Crippen molar-refractivity contribution in [3.05, 3.63) is 12.2 Å². The number of nitrogens with zero attached hydrogens (tertiary/aromatic N) is 1. The second kappa shape index (κ2) is 5.47. The van der Waals surface area contributed by atoms with Crippen LogP contribution in [0.25, 0.3) is 0 Å². The van der Waals surface area contributed by atoms with Gasteiger partial charge in [-0.15, -0.1) is 0 Å². The monoisotopic (exact) mass is 209 g/mol. The average Bonchev–Trinajstić information content (AvgIpc) is 2.21. The Hall–Kier alpha value is -1.41. The molecular formula is C11H15NO3. The molecule has 1 aliphatic rings. The first-order valence-corrected chi connectivity index (χ1v) is 5.11. The Bertz CT molecular complexity index is 297. The molecule has 0 aromatic carbocycles. The summed E-state index contributed by atoms with van der Waals surface area (Å²) in [4.78, 5) is 24.3. The summed E-state index contributed by atoms with van der Waals surface area (Å²) in [5.74, 6) is -0.533. The molecule has 0 heterocycles. The first kappa shape index (κ1) is 11.7. The van der Waals surface area contributed by atoms with Crippen LogP contribution in [-0.4, -0.2) is 23.2 Å². The number of isocyanates is 1. The van der Waals surface area contributed by atoms with E-state index < -0.39 is 5.97 Å². The maximum Gasteiger partial charge on any atom is 0.330 e. The summed E-state index contributed by atoms with van der Waals surface area (Å²) in [5.41, 5.74) is 0.275. The van der Waals surface area contributed by atoms with Gasteiger partial charge in [0, 0.05) is 5.57 Å². The molecule has 0 spiro atoms. The zero-order valence-corrected chi connectivity index (χ0v) is 8.61. The van der Waals surface area contributed by atoms with Crippen molar-refractivity contribution in [2.45, 2.75) is 38.1 Å². The lowest BCUT2D eigenvalue weighted by Crippen LogP contribution is -2.18. The number of rotatable bonds is 4. The van der Waals surface area contributed by atoms with E-state index in [-0.39, 0.29) is 11.6 Å². The van der Waals surface area contributed by atoms with E-state index in [4.69, 9.17) is 5.11 Å². The molecule has 1 saturated carbocycles. The smallest absolute Gasteiger partial charge is 0.330 e. The van der Waals surface area contributed by atoms with Gasteiger partial charge in [-0.25, -0.2) is 14.6 Å². The lowest BCUT2D eigenvalue weighted by atomic mass is 9.83. The van der Waals surface area contributed by atoms with E-state index in [1.54, 1.807) is 6.08 Å². The minimum atomic E-state index is -0.914. The van der Waals surface area contributed by atoms with Gasteiger partial charge in [0.15, 0.2) is 0 Å². The summed E-state index contributed by atoms with van der Waals surface area (Å²) in [6.07, 6.45) is 5.67. The van der Waals surface area contributed by atoms with Crippen molar-refractivity contribution in [3.63, 3.8) is 0 Å². The molecule has 0 radical (unpaired) electrons. The Kier molecular flexibility index (Phi) is 4.25. The van der Waals surface area contributed by atoms with Crippen molar-refractivity contribution < 1.29 is 14.7 Å². The quantitative estimate of drug-likeness (QED) is 0.437. The van der Waals surface area contributed by atoms with Crippen molar-refractivity contribution in [2.75, 3.05) is 0 Å². The summed E-state index contributed by atoms with van der Waals surface area (Å²) < 4.78 is 0. The molecule has 0 saturated heterocycles. The fraction of sp³-hybridized carbons (Fsp3) is 0.636. The van der Waals surface area contributed by atoms with E-state index in [0.717, 1.165) is 25.7 Å². The molecule has 1 fully saturated rings. The number of hydrogen-bond acceptors (Lipinski definition) is 3. The van der Waals surface area contributed by atoms with Gasteiger partial charge in [0.1, 0.15) is 0 Å². The number of aliphatic carboxylic acids is 1. The molecule has 0 bridgehead atoms. The second-order valence-corrected chi connectivity index (χ2v) is 4.01. The normalized spacial score (nSPS) is 25.3. The fourth-order valence-corrected chi connectivity index (χ4v) is 1.99. The maximum absolute atomic E-state index is 10.6. The van der Waals surface area contributed by atoms with Gasteiger partial charge in [0.2, 0.25) is 6.08 Å². The van der Waals surface area contributed by atoms with E-state index in [1.807, 2.05) is 0 Å². The number of carbonyl (C=O) groups excluding carboxylic acids is 1. The van der Waals surface area contributed by atoms with Crippen LogP contribution in [0.5, 0.6) is 0 Å². The lowest BCUT2D eigenvalue weighted by Gasteiger charge is -2.25. The molecule has 0 aromatic heterocycles. The molecule has 4 nitrogen and oxygen atoms in total. The van der Waals surface area contributed by atoms with Crippen molar-refractivity contribution in [1.29, 1.82) is 0 Å². The first-order valence-electron chi connectivity index (χ1n) is 5.11. The van der Waals surface area contributed by atoms with Crippen molar-refractivity contribution in [3.8, 4) is 0 Å². The molecule has 1 rings (SSSR count). The van der Waals surface area contributed by atoms with Crippen LogP contribution in [0.15, 0.2) is 17.1 Å². The summed E-state index contributed by atoms with van der Waals surface area (Å²) in [5, 5.41) is 8.68. The Morgan fingerprint density at radius 2 is 2.00 bits per heavy atom. The number of carboxylic acid groups (broad SMARTS) is 1. The first-order chi connectivity index (χ1) is 7.13. The molecule has 1 aliphatic carbocycles. The third-order valence-electron chi connectivity index (χ3n) is 2.89. The van der Waals surface area contributed by atoms with Crippen LogP contribution in [0.2, 0.25) is 0 Å². The Morgan fingerprint density at radius 3 is 2.47 bits per heavy atom. The molecule has 4 heteroatoms. The number of carboxylic acids is 1. The topological polar surface area (TPSA) is 66.7 Å². The van der Waals surface area contributed by atoms with E-state index in [9.17, 15) is 9.59 Å². The van der Waals surface area contributed by atoms with E-state index in [2.05, 4.69) is 11.6 Å². The van der Waals surface area contributed by atoms with Gasteiger partial charge in [0.05, 0.1) is 6.04 Å². The van der Waals surface area contributed by atoms with Gasteiger partial charge in [-0.2, -0.15) is 0 Å². The van der Waals surface area contributed by atoms with Crippen LogP contribution in [-0.2, 0) is 9.59 Å². The largest absolute Gasteiger partial charge is 0.478 e. The van der Waals surface area contributed by atoms with E-state index >= 15 is 0 Å². The van der Waals surface area contributed by atoms with Gasteiger partial charge >= 0.3 is 5.97 Å².